The Bertz CT molecular complexity index is 1060. The highest BCUT2D eigenvalue weighted by molar-refractivity contribution is 6.02. The zero-order valence-corrected chi connectivity index (χ0v) is 21.6. The number of ether oxygens (including phenoxy) is 2. The molecule has 2 N–H and O–H groups in total. The van der Waals surface area contributed by atoms with Crippen molar-refractivity contribution in [3.05, 3.63) is 54.1 Å². The standard InChI is InChI=1S/C27H36N4O5/c1-6-25(32)31-15-18(2)24(35-5)16-30(4)26(33)22-14-21(12-13-23(22)36-17-19(31)3)29-27(34)28-20-10-8-7-9-11-20/h7-14,18-19,24H,6,15-17H2,1-5H3,(H2,28,29,34)/t18-,19+,24-/m0/s1. The molecule has 0 radical (unpaired) electrons. The summed E-state index contributed by atoms with van der Waals surface area (Å²) >= 11 is 0. The minimum absolute atomic E-state index is 0.00298. The van der Waals surface area contributed by atoms with Gasteiger partial charge in [-0.25, -0.2) is 4.79 Å². The molecule has 0 aliphatic carbocycles. The van der Waals surface area contributed by atoms with Crippen molar-refractivity contribution in [2.75, 3.05) is 44.5 Å². The Balaban J connectivity index is 1.89. The van der Waals surface area contributed by atoms with Gasteiger partial charge in [0.15, 0.2) is 0 Å². The summed E-state index contributed by atoms with van der Waals surface area (Å²) in [7, 11) is 3.32. The van der Waals surface area contributed by atoms with Gasteiger partial charge >= 0.3 is 6.03 Å². The Morgan fingerprint density at radius 2 is 1.75 bits per heavy atom. The number of nitrogens with zero attached hydrogens (tertiary/aromatic N) is 2. The second-order valence-electron chi connectivity index (χ2n) is 9.15. The maximum Gasteiger partial charge on any atom is 0.323 e. The predicted octanol–water partition coefficient (Wildman–Crippen LogP) is 4.07. The highest BCUT2D eigenvalue weighted by Gasteiger charge is 2.30. The number of hydrogen-bond acceptors (Lipinski definition) is 5. The molecule has 0 saturated heterocycles. The molecule has 0 saturated carbocycles. The monoisotopic (exact) mass is 496 g/mol. The topological polar surface area (TPSA) is 100 Å². The SMILES string of the molecule is CCC(=O)N1C[C@H](C)[C@@H](OC)CN(C)C(=O)c2cc(NC(=O)Nc3ccccc3)ccc2OC[C@H]1C. The molecular weight excluding hydrogens is 460 g/mol. The van der Waals surface area contributed by atoms with E-state index in [1.807, 2.05) is 43.9 Å². The molecule has 4 amide bonds. The number of para-hydroxylation sites is 1. The van der Waals surface area contributed by atoms with Crippen LogP contribution in [0, 0.1) is 5.92 Å². The van der Waals surface area contributed by atoms with Crippen LogP contribution in [0.25, 0.3) is 0 Å². The number of likely N-dealkylation sites (N-methyl/N-ethyl adjacent to an activating group) is 1. The summed E-state index contributed by atoms with van der Waals surface area (Å²) in [6, 6.07) is 13.4. The average molecular weight is 497 g/mol. The van der Waals surface area contributed by atoms with Gasteiger partial charge in [-0.15, -0.1) is 0 Å². The fraction of sp³-hybridized carbons (Fsp3) is 0.444. The quantitative estimate of drug-likeness (QED) is 0.665. The van der Waals surface area contributed by atoms with Crippen LogP contribution in [-0.2, 0) is 9.53 Å². The summed E-state index contributed by atoms with van der Waals surface area (Å²) in [6.45, 7) is 6.86. The first-order valence-corrected chi connectivity index (χ1v) is 12.2. The van der Waals surface area contributed by atoms with Crippen LogP contribution >= 0.6 is 0 Å². The van der Waals surface area contributed by atoms with Crippen molar-refractivity contribution in [1.82, 2.24) is 9.80 Å². The minimum atomic E-state index is -0.424. The maximum atomic E-state index is 13.4. The van der Waals surface area contributed by atoms with E-state index in [4.69, 9.17) is 9.47 Å². The lowest BCUT2D eigenvalue weighted by molar-refractivity contribution is -0.135. The Kier molecular flexibility index (Phi) is 9.30. The van der Waals surface area contributed by atoms with E-state index in [-0.39, 0.29) is 36.5 Å². The van der Waals surface area contributed by atoms with Crippen molar-refractivity contribution in [1.29, 1.82) is 0 Å². The van der Waals surface area contributed by atoms with Gasteiger partial charge in [-0.1, -0.05) is 32.0 Å². The normalized spacial score (nSPS) is 20.9. The number of benzene rings is 2. The van der Waals surface area contributed by atoms with Gasteiger partial charge in [0, 0.05) is 51.0 Å². The molecule has 1 heterocycles. The summed E-state index contributed by atoms with van der Waals surface area (Å²) in [5.41, 5.74) is 1.42. The Hall–Kier alpha value is -3.59. The summed E-state index contributed by atoms with van der Waals surface area (Å²) in [6.07, 6.45) is 0.129. The minimum Gasteiger partial charge on any atom is -0.491 e. The summed E-state index contributed by atoms with van der Waals surface area (Å²) in [4.78, 5) is 42.0. The number of amides is 4. The molecule has 1 aliphatic rings. The number of methoxy groups -OCH3 is 1. The average Bonchev–Trinajstić information content (AvgIpc) is 2.88. The lowest BCUT2D eigenvalue weighted by Crippen LogP contribution is -2.48. The summed E-state index contributed by atoms with van der Waals surface area (Å²) < 4.78 is 11.8. The van der Waals surface area contributed by atoms with E-state index in [2.05, 4.69) is 10.6 Å². The molecule has 0 fully saturated rings. The van der Waals surface area contributed by atoms with Crippen molar-refractivity contribution in [3.63, 3.8) is 0 Å². The van der Waals surface area contributed by atoms with Gasteiger partial charge in [0.1, 0.15) is 12.4 Å². The van der Waals surface area contributed by atoms with Crippen LogP contribution in [0.3, 0.4) is 0 Å². The molecule has 0 bridgehead atoms. The lowest BCUT2D eigenvalue weighted by atomic mass is 10.0. The second-order valence-corrected chi connectivity index (χ2v) is 9.15. The van der Waals surface area contributed by atoms with E-state index < -0.39 is 6.03 Å². The molecule has 2 aromatic carbocycles. The zero-order chi connectivity index (χ0) is 26.2. The van der Waals surface area contributed by atoms with E-state index in [0.29, 0.717) is 42.2 Å². The third-order valence-corrected chi connectivity index (χ3v) is 6.36. The number of carbonyl (C=O) groups is 3. The molecule has 0 spiro atoms. The number of urea groups is 1. The summed E-state index contributed by atoms with van der Waals surface area (Å²) in [5, 5.41) is 5.53. The molecule has 9 heteroatoms. The molecule has 3 atom stereocenters. The number of anilines is 2. The lowest BCUT2D eigenvalue weighted by Gasteiger charge is -2.36. The van der Waals surface area contributed by atoms with E-state index in [1.54, 1.807) is 49.4 Å². The highest BCUT2D eigenvalue weighted by Crippen LogP contribution is 2.26. The van der Waals surface area contributed by atoms with Crippen LogP contribution in [0.15, 0.2) is 48.5 Å². The van der Waals surface area contributed by atoms with Gasteiger partial charge in [0.05, 0.1) is 17.7 Å². The van der Waals surface area contributed by atoms with Crippen LogP contribution < -0.4 is 15.4 Å². The third kappa shape index (κ3) is 6.75. The molecule has 2 aromatic rings. The van der Waals surface area contributed by atoms with Crippen molar-refractivity contribution < 1.29 is 23.9 Å². The molecule has 0 aromatic heterocycles. The fourth-order valence-corrected chi connectivity index (χ4v) is 4.22. The Morgan fingerprint density at radius 1 is 1.06 bits per heavy atom. The number of fused-ring (bicyclic) bond motifs is 1. The summed E-state index contributed by atoms with van der Waals surface area (Å²) in [5.74, 6) is 0.176. The molecular formula is C27H36N4O5. The molecule has 194 valence electrons. The Labute approximate surface area is 212 Å². The van der Waals surface area contributed by atoms with Crippen LogP contribution in [0.1, 0.15) is 37.6 Å². The first-order valence-electron chi connectivity index (χ1n) is 12.2. The second kappa shape index (κ2) is 12.4. The fourth-order valence-electron chi connectivity index (χ4n) is 4.22. The van der Waals surface area contributed by atoms with Gasteiger partial charge < -0.3 is 29.9 Å². The number of rotatable bonds is 4. The predicted molar refractivity (Wildman–Crippen MR) is 139 cm³/mol. The zero-order valence-electron chi connectivity index (χ0n) is 21.6. The van der Waals surface area contributed by atoms with Gasteiger partial charge in [-0.3, -0.25) is 9.59 Å². The number of nitrogens with one attached hydrogen (secondary N) is 2. The molecule has 36 heavy (non-hydrogen) atoms. The van der Waals surface area contributed by atoms with Gasteiger partial charge in [-0.05, 0) is 37.3 Å². The molecule has 1 aliphatic heterocycles. The molecule has 0 unspecified atom stereocenters. The molecule has 3 rings (SSSR count). The van der Waals surface area contributed by atoms with Gasteiger partial charge in [-0.2, -0.15) is 0 Å². The van der Waals surface area contributed by atoms with Crippen molar-refractivity contribution in [2.24, 2.45) is 5.92 Å². The van der Waals surface area contributed by atoms with Crippen LogP contribution in [0.4, 0.5) is 16.2 Å². The highest BCUT2D eigenvalue weighted by atomic mass is 16.5. The first-order chi connectivity index (χ1) is 17.2. The maximum absolute atomic E-state index is 13.4. The van der Waals surface area contributed by atoms with E-state index in [9.17, 15) is 14.4 Å². The van der Waals surface area contributed by atoms with Crippen molar-refractivity contribution >= 4 is 29.2 Å². The van der Waals surface area contributed by atoms with Crippen LogP contribution in [0.5, 0.6) is 5.75 Å². The van der Waals surface area contributed by atoms with E-state index in [1.165, 1.54) is 0 Å². The van der Waals surface area contributed by atoms with Gasteiger partial charge in [0.2, 0.25) is 5.91 Å². The Morgan fingerprint density at radius 3 is 2.42 bits per heavy atom. The smallest absolute Gasteiger partial charge is 0.323 e. The van der Waals surface area contributed by atoms with Crippen molar-refractivity contribution in [3.8, 4) is 5.75 Å². The number of carbonyl (C=O) groups excluding carboxylic acids is 3. The van der Waals surface area contributed by atoms with E-state index >= 15 is 0 Å². The van der Waals surface area contributed by atoms with Crippen LogP contribution in [0.2, 0.25) is 0 Å². The third-order valence-electron chi connectivity index (χ3n) is 6.36. The first kappa shape index (κ1) is 27.0. The van der Waals surface area contributed by atoms with E-state index in [0.717, 1.165) is 0 Å². The van der Waals surface area contributed by atoms with Crippen LogP contribution in [-0.4, -0.2) is 73.6 Å². The van der Waals surface area contributed by atoms with Crippen molar-refractivity contribution in [2.45, 2.75) is 39.3 Å². The number of hydrogen-bond donors (Lipinski definition) is 2. The van der Waals surface area contributed by atoms with Gasteiger partial charge in [0.25, 0.3) is 5.91 Å². The largest absolute Gasteiger partial charge is 0.491 e. The molecule has 9 nitrogen and oxygen atoms in total.